The minimum Gasteiger partial charge on any atom is -0.508 e. The van der Waals surface area contributed by atoms with E-state index < -0.39 is 5.97 Å². The largest absolute Gasteiger partial charge is 0.508 e. The normalized spacial score (nSPS) is 9.07. The average Bonchev–Trinajstić information content (AvgIpc) is 3.83. The number of hydrogen-bond acceptors (Lipinski definition) is 8. The minimum atomic E-state index is -1.04. The predicted molar refractivity (Wildman–Crippen MR) is 261 cm³/mol. The molecular formula is C50H84N6O5. The Kier molecular flexibility index (Phi) is 39.7. The number of phenols is 1. The quantitative estimate of drug-likeness (QED) is 0.165. The number of fused-ring (bicyclic) bond motifs is 2. The van der Waals surface area contributed by atoms with Gasteiger partial charge >= 0.3 is 5.97 Å². The van der Waals surface area contributed by atoms with Gasteiger partial charge in [0.1, 0.15) is 17.1 Å². The summed E-state index contributed by atoms with van der Waals surface area (Å²) in [5.74, 6) is -0.683. The van der Waals surface area contributed by atoms with Gasteiger partial charge in [-0.3, -0.25) is 14.2 Å². The zero-order valence-corrected chi connectivity index (χ0v) is 40.3. The van der Waals surface area contributed by atoms with Gasteiger partial charge < -0.3 is 14.6 Å². The van der Waals surface area contributed by atoms with Gasteiger partial charge in [-0.05, 0) is 63.1 Å². The number of carboxylic acids is 1. The van der Waals surface area contributed by atoms with Gasteiger partial charge in [0.2, 0.25) is 0 Å². The summed E-state index contributed by atoms with van der Waals surface area (Å²) in [6, 6.07) is 14.2. The van der Waals surface area contributed by atoms with Crippen LogP contribution in [0.3, 0.4) is 0 Å². The number of aromatic hydroxyl groups is 1. The second-order valence-corrected chi connectivity index (χ2v) is 13.9. The van der Waals surface area contributed by atoms with Crippen LogP contribution in [0, 0.1) is 13.8 Å². The monoisotopic (exact) mass is 849 g/mol. The second-order valence-electron chi connectivity index (χ2n) is 13.9. The van der Waals surface area contributed by atoms with E-state index in [1.54, 1.807) is 39.7 Å². The molecule has 0 fully saturated rings. The van der Waals surface area contributed by atoms with E-state index in [0.29, 0.717) is 33.4 Å². The summed E-state index contributed by atoms with van der Waals surface area (Å²) in [6.45, 7) is 34.3. The molecule has 0 spiro atoms. The molecule has 1 aliphatic heterocycles. The van der Waals surface area contributed by atoms with Crippen molar-refractivity contribution in [3.63, 3.8) is 0 Å². The Bertz CT molecular complexity index is 1920. The fourth-order valence-electron chi connectivity index (χ4n) is 4.31. The number of hydrogen-bond donors (Lipinski definition) is 2. The maximum absolute atomic E-state index is 11.8. The van der Waals surface area contributed by atoms with Crippen molar-refractivity contribution in [1.29, 1.82) is 0 Å². The van der Waals surface area contributed by atoms with Crippen LogP contribution in [0.15, 0.2) is 76.2 Å². The summed E-state index contributed by atoms with van der Waals surface area (Å²) < 4.78 is 9.30. The smallest absolute Gasteiger partial charge is 0.336 e. The summed E-state index contributed by atoms with van der Waals surface area (Å²) in [5, 5.41) is 35.3. The van der Waals surface area contributed by atoms with Crippen LogP contribution in [0.1, 0.15) is 170 Å². The van der Waals surface area contributed by atoms with Crippen LogP contribution in [0.2, 0.25) is 0 Å². The molecule has 2 aliphatic rings. The lowest BCUT2D eigenvalue weighted by molar-refractivity contribution is 0.0697. The zero-order chi connectivity index (χ0) is 46.6. The van der Waals surface area contributed by atoms with Gasteiger partial charge in [0.15, 0.2) is 5.43 Å². The van der Waals surface area contributed by atoms with Crippen LogP contribution in [0.4, 0.5) is 0 Å². The van der Waals surface area contributed by atoms with Crippen molar-refractivity contribution in [3.8, 4) is 28.2 Å². The van der Waals surface area contributed by atoms with Crippen LogP contribution in [0.25, 0.3) is 33.4 Å². The first-order valence-electron chi connectivity index (χ1n) is 21.8. The van der Waals surface area contributed by atoms with Gasteiger partial charge in [0, 0.05) is 54.6 Å². The van der Waals surface area contributed by atoms with Crippen LogP contribution < -0.4 is 5.43 Å². The Balaban J connectivity index is -0.000000381. The number of aromatic carboxylic acids is 1. The van der Waals surface area contributed by atoms with Gasteiger partial charge in [-0.2, -0.15) is 0 Å². The van der Waals surface area contributed by atoms with Gasteiger partial charge in [-0.25, -0.2) is 4.79 Å². The summed E-state index contributed by atoms with van der Waals surface area (Å²) in [7, 11) is 1.87. The molecule has 2 aromatic heterocycles. The third-order valence-electron chi connectivity index (χ3n) is 6.34. The van der Waals surface area contributed by atoms with Crippen molar-refractivity contribution in [2.24, 2.45) is 7.05 Å². The molecule has 0 saturated carbocycles. The SMILES string of the molecule is C.CCC.CCC.CCC.CCC.CCC.CCC.CCc1cn(C)nn1.CCn1cc(C)nn1.Cc1ccc(C(=O)O)c(-c2c3ccc(=O)cc-3oc3cc(O)ccc23)c1. The molecule has 61 heavy (non-hydrogen) atoms. The molecule has 0 saturated heterocycles. The van der Waals surface area contributed by atoms with Crippen molar-refractivity contribution in [2.45, 2.75) is 170 Å². The highest BCUT2D eigenvalue weighted by Gasteiger charge is 2.21. The van der Waals surface area contributed by atoms with Crippen molar-refractivity contribution in [1.82, 2.24) is 30.0 Å². The molecule has 11 nitrogen and oxygen atoms in total. The van der Waals surface area contributed by atoms with E-state index in [2.05, 4.69) is 111 Å². The number of aryl methyl sites for hydroxylation is 5. The molecule has 11 heteroatoms. The Morgan fingerprint density at radius 3 is 1.61 bits per heavy atom. The second kappa shape index (κ2) is 38.9. The number of rotatable bonds is 4. The molecule has 0 atom stereocenters. The Morgan fingerprint density at radius 1 is 0.672 bits per heavy atom. The average molecular weight is 849 g/mol. The van der Waals surface area contributed by atoms with E-state index in [4.69, 9.17) is 4.42 Å². The predicted octanol–water partition coefficient (Wildman–Crippen LogP) is 14.4. The molecule has 4 aromatic rings. The third kappa shape index (κ3) is 26.5. The van der Waals surface area contributed by atoms with E-state index in [0.717, 1.165) is 29.9 Å². The van der Waals surface area contributed by atoms with Crippen LogP contribution in [0.5, 0.6) is 5.75 Å². The fourth-order valence-corrected chi connectivity index (χ4v) is 4.31. The molecule has 344 valence electrons. The number of nitrogens with zero attached hydrogens (tertiary/aromatic N) is 6. The lowest BCUT2D eigenvalue weighted by atomic mass is 9.90. The van der Waals surface area contributed by atoms with E-state index in [-0.39, 0.29) is 24.2 Å². The molecule has 0 amide bonds. The highest BCUT2D eigenvalue weighted by molar-refractivity contribution is 6.07. The van der Waals surface area contributed by atoms with E-state index in [1.165, 1.54) is 62.8 Å². The lowest BCUT2D eigenvalue weighted by Crippen LogP contribution is -2.03. The van der Waals surface area contributed by atoms with Crippen molar-refractivity contribution >= 4 is 16.9 Å². The molecular weight excluding hydrogens is 765 g/mol. The first-order valence-corrected chi connectivity index (χ1v) is 21.8. The Morgan fingerprint density at radius 2 is 1.21 bits per heavy atom. The number of carbonyl (C=O) groups is 1. The molecule has 6 rings (SSSR count). The standard InChI is InChI=1S/C21H14O5.2C5H9N3.6C3H8.CH4/c1-11-2-5-14(21(24)25)17(8-11)20-15-6-3-12(22)9-18(15)26-19-10-13(23)4-7-16(19)20;1-3-5-4-8(2)7-6-5;1-3-8-4-5(2)6-7-8;6*1-3-2;/h2-10,22H,1H3,(H,24,25);2*4H,3H2,1-2H3;6*3H2,1-2H3;1H4. The minimum absolute atomic E-state index is 0. The topological polar surface area (TPSA) is 149 Å². The molecule has 0 radical (unpaired) electrons. The van der Waals surface area contributed by atoms with E-state index in [9.17, 15) is 19.8 Å². The summed E-state index contributed by atoms with van der Waals surface area (Å²) in [5.41, 5.74) is 5.07. The summed E-state index contributed by atoms with van der Waals surface area (Å²) >= 11 is 0. The zero-order valence-electron chi connectivity index (χ0n) is 40.3. The Labute approximate surface area is 370 Å². The number of aromatic nitrogens is 6. The first-order chi connectivity index (χ1) is 28.6. The molecule has 0 bridgehead atoms. The van der Waals surface area contributed by atoms with Crippen LogP contribution in [-0.4, -0.2) is 46.2 Å². The van der Waals surface area contributed by atoms with Gasteiger partial charge in [0.05, 0.1) is 17.0 Å². The number of phenolic OH excluding ortho intramolecular Hbond substituents is 1. The van der Waals surface area contributed by atoms with Gasteiger partial charge in [-0.1, -0.05) is 164 Å². The lowest BCUT2D eigenvalue weighted by Gasteiger charge is -2.17. The van der Waals surface area contributed by atoms with Crippen molar-refractivity contribution in [2.75, 3.05) is 0 Å². The van der Waals surface area contributed by atoms with Gasteiger partial charge in [0.25, 0.3) is 0 Å². The highest BCUT2D eigenvalue weighted by atomic mass is 16.4. The molecule has 3 heterocycles. The first kappa shape index (κ1) is 62.3. The molecule has 1 aliphatic carbocycles. The number of benzene rings is 3. The Hall–Kier alpha value is -5.32. The van der Waals surface area contributed by atoms with E-state index >= 15 is 0 Å². The van der Waals surface area contributed by atoms with Gasteiger partial charge in [-0.15, -0.1) is 10.2 Å². The number of carboxylic acid groups (broad SMARTS) is 1. The third-order valence-corrected chi connectivity index (χ3v) is 6.34. The maximum atomic E-state index is 11.8. The van der Waals surface area contributed by atoms with Crippen molar-refractivity contribution < 1.29 is 19.4 Å². The molecule has 2 N–H and O–H groups in total. The summed E-state index contributed by atoms with van der Waals surface area (Å²) in [4.78, 5) is 23.5. The van der Waals surface area contributed by atoms with E-state index in [1.807, 2.05) is 40.2 Å². The van der Waals surface area contributed by atoms with Crippen LogP contribution >= 0.6 is 0 Å². The van der Waals surface area contributed by atoms with Crippen molar-refractivity contribution in [3.05, 3.63) is 99.7 Å². The maximum Gasteiger partial charge on any atom is 0.336 e. The molecule has 0 unspecified atom stereocenters. The highest BCUT2D eigenvalue weighted by Crippen LogP contribution is 2.42. The van der Waals surface area contributed by atoms with Crippen LogP contribution in [-0.2, 0) is 20.0 Å². The fraction of sp³-hybridized carbons (Fsp3) is 0.520. The summed E-state index contributed by atoms with van der Waals surface area (Å²) in [6.07, 6.45) is 12.3. The molecule has 2 aromatic carbocycles.